The molecule has 1 unspecified atom stereocenters. The highest BCUT2D eigenvalue weighted by atomic mass is 32.2. The summed E-state index contributed by atoms with van der Waals surface area (Å²) in [5.74, 6) is 1.18. The lowest BCUT2D eigenvalue weighted by Crippen LogP contribution is -2.39. The minimum Gasteiger partial charge on any atom is -0.460 e. The summed E-state index contributed by atoms with van der Waals surface area (Å²) in [5.41, 5.74) is 8.40. The molecule has 0 aliphatic carbocycles. The zero-order chi connectivity index (χ0) is 24.4. The zero-order valence-electron chi connectivity index (χ0n) is 20.3. The maximum atomic E-state index is 11.9. The van der Waals surface area contributed by atoms with Crippen LogP contribution in [0.2, 0.25) is 0 Å². The van der Waals surface area contributed by atoms with Gasteiger partial charge in [0.15, 0.2) is 0 Å². The Morgan fingerprint density at radius 3 is 1.68 bits per heavy atom. The molecule has 3 rings (SSSR count). The maximum absolute atomic E-state index is 11.9. The number of carbonyl (C=O) groups is 1. The Kier molecular flexibility index (Phi) is 9.34. The Bertz CT molecular complexity index is 907. The highest BCUT2D eigenvalue weighted by Crippen LogP contribution is 2.40. The predicted molar refractivity (Wildman–Crippen MR) is 141 cm³/mol. The van der Waals surface area contributed by atoms with Gasteiger partial charge in [-0.3, -0.25) is 4.79 Å². The van der Waals surface area contributed by atoms with E-state index in [4.69, 9.17) is 15.2 Å². The highest BCUT2D eigenvalue weighted by molar-refractivity contribution is 7.99. The Labute approximate surface area is 207 Å². The van der Waals surface area contributed by atoms with Crippen LogP contribution in [0.5, 0.6) is 0 Å². The van der Waals surface area contributed by atoms with Gasteiger partial charge in [0.25, 0.3) is 0 Å². The third-order valence-corrected chi connectivity index (χ3v) is 6.41. The van der Waals surface area contributed by atoms with Crippen molar-refractivity contribution >= 4 is 17.7 Å². The van der Waals surface area contributed by atoms with Gasteiger partial charge in [-0.15, -0.1) is 0 Å². The van der Waals surface area contributed by atoms with Crippen molar-refractivity contribution in [1.82, 2.24) is 0 Å². The molecule has 0 heterocycles. The molecule has 0 bridgehead atoms. The number of rotatable bonds is 11. The van der Waals surface area contributed by atoms with Crippen LogP contribution in [-0.4, -0.2) is 35.7 Å². The van der Waals surface area contributed by atoms with Crippen molar-refractivity contribution in [3.63, 3.8) is 0 Å². The number of esters is 1. The number of nitrogens with two attached hydrogens (primary N) is 1. The van der Waals surface area contributed by atoms with Crippen molar-refractivity contribution in [3.8, 4) is 0 Å². The van der Waals surface area contributed by atoms with Crippen LogP contribution in [0, 0.1) is 0 Å². The summed E-state index contributed by atoms with van der Waals surface area (Å²) >= 11 is 1.65. The van der Waals surface area contributed by atoms with E-state index in [2.05, 4.69) is 36.4 Å². The molecule has 0 saturated carbocycles. The van der Waals surface area contributed by atoms with Gasteiger partial charge in [0, 0.05) is 17.5 Å². The highest BCUT2D eigenvalue weighted by Gasteiger charge is 2.37. The molecular weight excluding hydrogens is 442 g/mol. The number of thioether (sulfide) groups is 1. The quantitative estimate of drug-likeness (QED) is 0.215. The molecule has 0 spiro atoms. The van der Waals surface area contributed by atoms with E-state index >= 15 is 0 Å². The summed E-state index contributed by atoms with van der Waals surface area (Å²) in [6.07, 6.45) is 0.373. The second kappa shape index (κ2) is 12.2. The molecule has 0 fully saturated rings. The van der Waals surface area contributed by atoms with Gasteiger partial charge in [-0.1, -0.05) is 91.0 Å². The standard InChI is InChI=1S/C29H35NO3S/c1-28(2,3)33-27(31)19-20-34-22-26(30)21-32-29(23-13-7-4-8-14-23,24-15-9-5-10-16-24)25-17-11-6-12-18-25/h4-18,26H,19-22,30H2,1-3H3. The van der Waals surface area contributed by atoms with E-state index in [1.54, 1.807) is 11.8 Å². The summed E-state index contributed by atoms with van der Waals surface area (Å²) < 4.78 is 12.1. The predicted octanol–water partition coefficient (Wildman–Crippen LogP) is 5.79. The smallest absolute Gasteiger partial charge is 0.307 e. The first-order valence-corrected chi connectivity index (χ1v) is 12.8. The molecule has 1 atom stereocenters. The Balaban J connectivity index is 1.74. The Morgan fingerprint density at radius 1 is 0.824 bits per heavy atom. The minimum atomic E-state index is -0.775. The van der Waals surface area contributed by atoms with Crippen LogP contribution in [0.1, 0.15) is 43.9 Å². The lowest BCUT2D eigenvalue weighted by Gasteiger charge is -2.36. The molecule has 0 aromatic heterocycles. The largest absolute Gasteiger partial charge is 0.460 e. The van der Waals surface area contributed by atoms with E-state index < -0.39 is 11.2 Å². The molecule has 0 radical (unpaired) electrons. The number of carbonyl (C=O) groups excluding carboxylic acids is 1. The SMILES string of the molecule is CC(C)(C)OC(=O)CCSCC(N)COC(c1ccccc1)(c1ccccc1)c1ccccc1. The van der Waals surface area contributed by atoms with Gasteiger partial charge in [0.1, 0.15) is 11.2 Å². The van der Waals surface area contributed by atoms with Crippen LogP contribution >= 0.6 is 11.8 Å². The molecule has 180 valence electrons. The molecule has 3 aromatic rings. The van der Waals surface area contributed by atoms with Crippen molar-refractivity contribution in [2.75, 3.05) is 18.1 Å². The average Bonchev–Trinajstić information content (AvgIpc) is 2.83. The van der Waals surface area contributed by atoms with Gasteiger partial charge in [0.2, 0.25) is 0 Å². The third kappa shape index (κ3) is 7.20. The van der Waals surface area contributed by atoms with Crippen LogP contribution in [0.4, 0.5) is 0 Å². The van der Waals surface area contributed by atoms with E-state index in [1.807, 2.05) is 75.4 Å². The average molecular weight is 478 g/mol. The third-order valence-electron chi connectivity index (χ3n) is 5.26. The lowest BCUT2D eigenvalue weighted by atomic mass is 9.80. The Hall–Kier alpha value is -2.60. The summed E-state index contributed by atoms with van der Waals surface area (Å²) in [6, 6.07) is 30.6. The molecule has 0 aliphatic rings. The van der Waals surface area contributed by atoms with E-state index in [0.29, 0.717) is 24.5 Å². The second-order valence-corrected chi connectivity index (χ2v) is 10.4. The van der Waals surface area contributed by atoms with E-state index in [1.165, 1.54) is 0 Å². The first-order valence-electron chi connectivity index (χ1n) is 11.7. The first-order chi connectivity index (χ1) is 16.3. The van der Waals surface area contributed by atoms with Crippen LogP contribution in [0.3, 0.4) is 0 Å². The van der Waals surface area contributed by atoms with Gasteiger partial charge in [0.05, 0.1) is 13.0 Å². The van der Waals surface area contributed by atoms with E-state index in [0.717, 1.165) is 16.7 Å². The molecule has 4 nitrogen and oxygen atoms in total. The number of ether oxygens (including phenoxy) is 2. The molecule has 0 saturated heterocycles. The van der Waals surface area contributed by atoms with Crippen molar-refractivity contribution in [2.45, 2.75) is 44.4 Å². The van der Waals surface area contributed by atoms with Crippen LogP contribution in [0.15, 0.2) is 91.0 Å². The monoisotopic (exact) mass is 477 g/mol. The van der Waals surface area contributed by atoms with Crippen molar-refractivity contribution in [1.29, 1.82) is 0 Å². The molecule has 34 heavy (non-hydrogen) atoms. The van der Waals surface area contributed by atoms with Crippen molar-refractivity contribution in [2.24, 2.45) is 5.73 Å². The second-order valence-electron chi connectivity index (χ2n) is 9.26. The van der Waals surface area contributed by atoms with Crippen molar-refractivity contribution < 1.29 is 14.3 Å². The fourth-order valence-corrected chi connectivity index (χ4v) is 4.71. The van der Waals surface area contributed by atoms with Gasteiger partial charge >= 0.3 is 5.97 Å². The molecule has 0 aliphatic heterocycles. The van der Waals surface area contributed by atoms with Gasteiger partial charge in [-0.05, 0) is 37.5 Å². The fraction of sp³-hybridized carbons (Fsp3) is 0.345. The van der Waals surface area contributed by atoms with Gasteiger partial charge in [-0.25, -0.2) is 0 Å². The maximum Gasteiger partial charge on any atom is 0.307 e. The van der Waals surface area contributed by atoms with Crippen LogP contribution in [-0.2, 0) is 19.9 Å². The fourth-order valence-electron chi connectivity index (χ4n) is 3.83. The Morgan fingerprint density at radius 2 is 1.26 bits per heavy atom. The van der Waals surface area contributed by atoms with E-state index in [9.17, 15) is 4.79 Å². The lowest BCUT2D eigenvalue weighted by molar-refractivity contribution is -0.154. The van der Waals surface area contributed by atoms with Crippen molar-refractivity contribution in [3.05, 3.63) is 108 Å². The summed E-state index contributed by atoms with van der Waals surface area (Å²) in [5, 5.41) is 0. The zero-order valence-corrected chi connectivity index (χ0v) is 21.1. The van der Waals surface area contributed by atoms with E-state index in [-0.39, 0.29) is 12.0 Å². The molecular formula is C29H35NO3S. The number of hydrogen-bond donors (Lipinski definition) is 1. The van der Waals surface area contributed by atoms with Crippen LogP contribution in [0.25, 0.3) is 0 Å². The summed E-state index contributed by atoms with van der Waals surface area (Å²) in [4.78, 5) is 11.9. The number of hydrogen-bond acceptors (Lipinski definition) is 5. The first kappa shape index (κ1) is 26.0. The van der Waals surface area contributed by atoms with Gasteiger partial charge in [-0.2, -0.15) is 11.8 Å². The molecule has 0 amide bonds. The number of benzene rings is 3. The topological polar surface area (TPSA) is 61.5 Å². The van der Waals surface area contributed by atoms with Crippen LogP contribution < -0.4 is 5.73 Å². The minimum absolute atomic E-state index is 0.180. The summed E-state index contributed by atoms with van der Waals surface area (Å²) in [7, 11) is 0. The normalized spacial score (nSPS) is 12.8. The summed E-state index contributed by atoms with van der Waals surface area (Å²) in [6.45, 7) is 6.01. The van der Waals surface area contributed by atoms with Gasteiger partial charge < -0.3 is 15.2 Å². The molecule has 3 aromatic carbocycles. The molecule has 2 N–H and O–H groups in total. The molecule has 5 heteroatoms.